The van der Waals surface area contributed by atoms with Gasteiger partial charge in [-0.05, 0) is 35.9 Å². The molecule has 0 spiro atoms. The first-order valence-electron chi connectivity index (χ1n) is 7.74. The Kier molecular flexibility index (Phi) is 3.88. The second-order valence-electron chi connectivity index (χ2n) is 5.43. The van der Waals surface area contributed by atoms with Gasteiger partial charge in [0.2, 0.25) is 0 Å². The molecule has 0 fully saturated rings. The first-order valence-corrected chi connectivity index (χ1v) is 7.74. The van der Waals surface area contributed by atoms with Crippen LogP contribution in [0.3, 0.4) is 0 Å². The molecule has 0 atom stereocenters. The summed E-state index contributed by atoms with van der Waals surface area (Å²) in [5.74, 6) is 1.10. The molecule has 7 heteroatoms. The number of pyridine rings is 1. The molecule has 0 saturated heterocycles. The molecule has 4 rings (SSSR count). The third-order valence-electron chi connectivity index (χ3n) is 3.80. The minimum Gasteiger partial charge on any atom is -0.348 e. The number of fused-ring (bicyclic) bond motifs is 1. The van der Waals surface area contributed by atoms with E-state index in [2.05, 4.69) is 25.5 Å². The highest BCUT2D eigenvalue weighted by Gasteiger charge is 2.10. The van der Waals surface area contributed by atoms with Crippen LogP contribution in [0.15, 0.2) is 67.3 Å². The highest BCUT2D eigenvalue weighted by atomic mass is 16.1. The highest BCUT2D eigenvalue weighted by molar-refractivity contribution is 5.94. The van der Waals surface area contributed by atoms with Crippen LogP contribution in [0.25, 0.3) is 17.2 Å². The average Bonchev–Trinajstić information content (AvgIpc) is 3.11. The third-order valence-corrected chi connectivity index (χ3v) is 3.80. The number of nitrogens with one attached hydrogen (secondary N) is 1. The SMILES string of the molecule is O=C(NCc1ccncc1)c1ccc(-c2nnc3ncccn23)cc1. The van der Waals surface area contributed by atoms with Crippen LogP contribution in [-0.4, -0.2) is 30.5 Å². The summed E-state index contributed by atoms with van der Waals surface area (Å²) < 4.78 is 1.80. The van der Waals surface area contributed by atoms with Crippen LogP contribution in [0.2, 0.25) is 0 Å². The van der Waals surface area contributed by atoms with Crippen molar-refractivity contribution >= 4 is 11.7 Å². The van der Waals surface area contributed by atoms with Crippen molar-refractivity contribution in [3.05, 3.63) is 78.4 Å². The Bertz CT molecular complexity index is 1010. The molecule has 0 unspecified atom stereocenters. The van der Waals surface area contributed by atoms with Gasteiger partial charge in [0, 0.05) is 42.5 Å². The van der Waals surface area contributed by atoms with E-state index in [0.29, 0.717) is 23.7 Å². The fourth-order valence-electron chi connectivity index (χ4n) is 2.50. The largest absolute Gasteiger partial charge is 0.348 e. The summed E-state index contributed by atoms with van der Waals surface area (Å²) >= 11 is 0. The molecule has 0 bridgehead atoms. The monoisotopic (exact) mass is 330 g/mol. The summed E-state index contributed by atoms with van der Waals surface area (Å²) in [5.41, 5.74) is 2.46. The van der Waals surface area contributed by atoms with E-state index in [4.69, 9.17) is 0 Å². The molecule has 25 heavy (non-hydrogen) atoms. The van der Waals surface area contributed by atoms with Crippen molar-refractivity contribution in [3.63, 3.8) is 0 Å². The maximum atomic E-state index is 12.3. The van der Waals surface area contributed by atoms with Crippen LogP contribution in [0, 0.1) is 0 Å². The zero-order chi connectivity index (χ0) is 17.1. The summed E-state index contributed by atoms with van der Waals surface area (Å²) in [6.45, 7) is 0.462. The minimum absolute atomic E-state index is 0.129. The Morgan fingerprint density at radius 1 is 1.00 bits per heavy atom. The van der Waals surface area contributed by atoms with Gasteiger partial charge < -0.3 is 5.32 Å². The molecular weight excluding hydrogens is 316 g/mol. The lowest BCUT2D eigenvalue weighted by molar-refractivity contribution is 0.0951. The van der Waals surface area contributed by atoms with E-state index in [-0.39, 0.29) is 5.91 Å². The number of amides is 1. The number of aromatic nitrogens is 5. The van der Waals surface area contributed by atoms with Gasteiger partial charge in [-0.3, -0.25) is 14.2 Å². The van der Waals surface area contributed by atoms with Gasteiger partial charge in [-0.15, -0.1) is 10.2 Å². The summed E-state index contributed by atoms with van der Waals surface area (Å²) in [6, 6.07) is 12.8. The lowest BCUT2D eigenvalue weighted by atomic mass is 10.1. The molecular formula is C18H14N6O. The smallest absolute Gasteiger partial charge is 0.255 e. The molecule has 4 aromatic rings. The van der Waals surface area contributed by atoms with Crippen molar-refractivity contribution in [2.45, 2.75) is 6.54 Å². The second kappa shape index (κ2) is 6.48. The first-order chi connectivity index (χ1) is 12.3. The summed E-state index contributed by atoms with van der Waals surface area (Å²) in [6.07, 6.45) is 6.93. The molecule has 0 radical (unpaired) electrons. The molecule has 1 aromatic carbocycles. The topological polar surface area (TPSA) is 85.1 Å². The normalized spacial score (nSPS) is 10.7. The lowest BCUT2D eigenvalue weighted by Gasteiger charge is -2.06. The molecule has 0 saturated carbocycles. The van der Waals surface area contributed by atoms with E-state index >= 15 is 0 Å². The zero-order valence-corrected chi connectivity index (χ0v) is 13.2. The molecule has 3 heterocycles. The standard InChI is InChI=1S/C18H14N6O/c25-17(21-12-13-6-9-19-10-7-13)15-4-2-14(3-5-15)16-22-23-18-20-8-1-11-24(16)18/h1-11H,12H2,(H,21,25). The van der Waals surface area contributed by atoms with Gasteiger partial charge in [0.25, 0.3) is 11.7 Å². The Balaban J connectivity index is 1.51. The zero-order valence-electron chi connectivity index (χ0n) is 13.2. The van der Waals surface area contributed by atoms with E-state index in [9.17, 15) is 4.79 Å². The van der Waals surface area contributed by atoms with E-state index in [1.807, 2.05) is 36.5 Å². The molecule has 1 N–H and O–H groups in total. The molecule has 0 aliphatic carbocycles. The van der Waals surface area contributed by atoms with Crippen LogP contribution in [0.1, 0.15) is 15.9 Å². The van der Waals surface area contributed by atoms with Crippen molar-refractivity contribution in [1.29, 1.82) is 0 Å². The number of benzene rings is 1. The van der Waals surface area contributed by atoms with Crippen LogP contribution in [0.4, 0.5) is 0 Å². The third kappa shape index (κ3) is 3.07. The Morgan fingerprint density at radius 3 is 2.60 bits per heavy atom. The predicted octanol–water partition coefficient (Wildman–Crippen LogP) is 2.12. The minimum atomic E-state index is -0.129. The van der Waals surface area contributed by atoms with Gasteiger partial charge in [-0.1, -0.05) is 12.1 Å². The van der Waals surface area contributed by atoms with E-state index in [1.54, 1.807) is 35.1 Å². The fraction of sp³-hybridized carbons (Fsp3) is 0.0556. The molecule has 1 amide bonds. The Labute approximate surface area is 143 Å². The fourth-order valence-corrected chi connectivity index (χ4v) is 2.50. The van der Waals surface area contributed by atoms with E-state index in [0.717, 1.165) is 11.1 Å². The number of carbonyl (C=O) groups is 1. The lowest BCUT2D eigenvalue weighted by Crippen LogP contribution is -2.22. The number of hydrogen-bond donors (Lipinski definition) is 1. The first kappa shape index (κ1) is 14.9. The van der Waals surface area contributed by atoms with Gasteiger partial charge >= 0.3 is 0 Å². The maximum Gasteiger partial charge on any atom is 0.255 e. The van der Waals surface area contributed by atoms with Gasteiger partial charge in [-0.25, -0.2) is 4.98 Å². The van der Waals surface area contributed by atoms with Crippen molar-refractivity contribution in [2.24, 2.45) is 0 Å². The van der Waals surface area contributed by atoms with Crippen LogP contribution >= 0.6 is 0 Å². The van der Waals surface area contributed by atoms with Crippen molar-refractivity contribution in [1.82, 2.24) is 29.9 Å². The van der Waals surface area contributed by atoms with Crippen LogP contribution in [-0.2, 0) is 6.54 Å². The van der Waals surface area contributed by atoms with Crippen LogP contribution < -0.4 is 5.32 Å². The van der Waals surface area contributed by atoms with Crippen molar-refractivity contribution < 1.29 is 4.79 Å². The molecule has 0 aliphatic heterocycles. The Hall–Kier alpha value is -3.61. The summed E-state index contributed by atoms with van der Waals surface area (Å²) in [5, 5.41) is 11.1. The average molecular weight is 330 g/mol. The second-order valence-corrected chi connectivity index (χ2v) is 5.43. The van der Waals surface area contributed by atoms with Gasteiger partial charge in [-0.2, -0.15) is 0 Å². The molecule has 3 aromatic heterocycles. The Morgan fingerprint density at radius 2 is 1.80 bits per heavy atom. The highest BCUT2D eigenvalue weighted by Crippen LogP contribution is 2.18. The van der Waals surface area contributed by atoms with E-state index in [1.165, 1.54) is 0 Å². The van der Waals surface area contributed by atoms with Gasteiger partial charge in [0.05, 0.1) is 0 Å². The number of nitrogens with zero attached hydrogens (tertiary/aromatic N) is 5. The number of carbonyl (C=O) groups excluding carboxylic acids is 1. The van der Waals surface area contributed by atoms with E-state index < -0.39 is 0 Å². The molecule has 0 aliphatic rings. The maximum absolute atomic E-state index is 12.3. The van der Waals surface area contributed by atoms with Gasteiger partial charge in [0.1, 0.15) is 0 Å². The summed E-state index contributed by atoms with van der Waals surface area (Å²) in [4.78, 5) is 20.4. The van der Waals surface area contributed by atoms with Crippen LogP contribution in [0.5, 0.6) is 0 Å². The molecule has 7 nitrogen and oxygen atoms in total. The summed E-state index contributed by atoms with van der Waals surface area (Å²) in [7, 11) is 0. The number of hydrogen-bond acceptors (Lipinski definition) is 5. The number of rotatable bonds is 4. The van der Waals surface area contributed by atoms with Gasteiger partial charge in [0.15, 0.2) is 5.82 Å². The molecule has 122 valence electrons. The van der Waals surface area contributed by atoms with Crippen molar-refractivity contribution in [2.75, 3.05) is 0 Å². The predicted molar refractivity (Wildman–Crippen MR) is 91.6 cm³/mol. The quantitative estimate of drug-likeness (QED) is 0.619. The van der Waals surface area contributed by atoms with Crippen molar-refractivity contribution in [3.8, 4) is 11.4 Å².